The van der Waals surface area contributed by atoms with Gasteiger partial charge in [-0.2, -0.15) is 0 Å². The molecule has 2 heterocycles. The smallest absolute Gasteiger partial charge is 0.525 e. The number of hydrogen-bond donors (Lipinski definition) is 2. The predicted octanol–water partition coefficient (Wildman–Crippen LogP) is 5.95. The zero-order valence-electron chi connectivity index (χ0n) is 15.5. The fourth-order valence-corrected chi connectivity index (χ4v) is 4.02. The summed E-state index contributed by atoms with van der Waals surface area (Å²) in [5.74, 6) is 1.45. The summed E-state index contributed by atoms with van der Waals surface area (Å²) in [6.07, 6.45) is 0. The first kappa shape index (κ1) is 16.1. The van der Waals surface area contributed by atoms with Gasteiger partial charge in [-0.3, -0.25) is 0 Å². The average Bonchev–Trinajstić information content (AvgIpc) is 3.33. The SMILES string of the molecule is [B](Oc1cccc2c1[nH]c1ccccc12)Oc1cccc2c1[nH]c1ccccc12. The number of hydrogen-bond acceptors (Lipinski definition) is 2. The number of benzene rings is 4. The molecular formula is C24H16BN2O2. The van der Waals surface area contributed by atoms with Gasteiger partial charge in [-0.05, 0) is 24.3 Å². The third kappa shape index (κ3) is 2.55. The molecule has 0 bridgehead atoms. The summed E-state index contributed by atoms with van der Waals surface area (Å²) in [6, 6.07) is 28.5. The lowest BCUT2D eigenvalue weighted by Crippen LogP contribution is -2.11. The van der Waals surface area contributed by atoms with Gasteiger partial charge in [0, 0.05) is 32.6 Å². The number of fused-ring (bicyclic) bond motifs is 6. The summed E-state index contributed by atoms with van der Waals surface area (Å²) in [5, 5.41) is 4.61. The maximum absolute atomic E-state index is 5.88. The van der Waals surface area contributed by atoms with Crippen molar-refractivity contribution < 1.29 is 9.31 Å². The van der Waals surface area contributed by atoms with Gasteiger partial charge >= 0.3 is 7.69 Å². The number of aromatic nitrogens is 2. The van der Waals surface area contributed by atoms with E-state index in [0.29, 0.717) is 0 Å². The van der Waals surface area contributed by atoms with Crippen LogP contribution in [0.2, 0.25) is 0 Å². The molecule has 0 spiro atoms. The van der Waals surface area contributed by atoms with E-state index < -0.39 is 0 Å². The summed E-state index contributed by atoms with van der Waals surface area (Å²) in [5.41, 5.74) is 4.08. The number of rotatable bonds is 4. The van der Waals surface area contributed by atoms with Crippen molar-refractivity contribution in [3.05, 3.63) is 84.9 Å². The summed E-state index contributed by atoms with van der Waals surface area (Å²) in [6.45, 7) is 0. The molecule has 0 amide bonds. The first-order valence-corrected chi connectivity index (χ1v) is 9.52. The van der Waals surface area contributed by atoms with Crippen LogP contribution in [0.3, 0.4) is 0 Å². The predicted molar refractivity (Wildman–Crippen MR) is 119 cm³/mol. The lowest BCUT2D eigenvalue weighted by molar-refractivity contribution is 0.464. The Morgan fingerprint density at radius 1 is 0.483 bits per heavy atom. The zero-order chi connectivity index (χ0) is 19.2. The second kappa shape index (κ2) is 6.35. The monoisotopic (exact) mass is 375 g/mol. The number of para-hydroxylation sites is 4. The van der Waals surface area contributed by atoms with Crippen molar-refractivity contribution in [1.82, 2.24) is 9.97 Å². The molecule has 0 aliphatic rings. The molecule has 6 rings (SSSR count). The molecule has 0 atom stereocenters. The minimum absolute atomic E-state index is 0.725. The number of H-pyrrole nitrogens is 2. The molecule has 29 heavy (non-hydrogen) atoms. The summed E-state index contributed by atoms with van der Waals surface area (Å²) in [7, 11) is 1.39. The van der Waals surface area contributed by atoms with Crippen LogP contribution in [0.25, 0.3) is 43.6 Å². The van der Waals surface area contributed by atoms with Gasteiger partial charge in [-0.25, -0.2) is 0 Å². The fraction of sp³-hybridized carbons (Fsp3) is 0. The molecule has 137 valence electrons. The molecule has 2 aromatic heterocycles. The maximum Gasteiger partial charge on any atom is 0.658 e. The zero-order valence-corrected chi connectivity index (χ0v) is 15.5. The van der Waals surface area contributed by atoms with Crippen molar-refractivity contribution in [3.63, 3.8) is 0 Å². The van der Waals surface area contributed by atoms with Crippen molar-refractivity contribution in [1.29, 1.82) is 0 Å². The number of nitrogens with one attached hydrogen (secondary N) is 2. The third-order valence-electron chi connectivity index (χ3n) is 5.36. The van der Waals surface area contributed by atoms with Crippen LogP contribution >= 0.6 is 0 Å². The van der Waals surface area contributed by atoms with E-state index in [-0.39, 0.29) is 0 Å². The minimum atomic E-state index is 0.725. The van der Waals surface area contributed by atoms with Crippen molar-refractivity contribution in [2.24, 2.45) is 0 Å². The van der Waals surface area contributed by atoms with Gasteiger partial charge in [0.2, 0.25) is 0 Å². The van der Waals surface area contributed by atoms with Crippen molar-refractivity contribution >= 4 is 51.3 Å². The minimum Gasteiger partial charge on any atom is -0.525 e. The Hall–Kier alpha value is -3.86. The van der Waals surface area contributed by atoms with E-state index in [1.165, 1.54) is 18.5 Å². The Morgan fingerprint density at radius 3 is 1.45 bits per heavy atom. The van der Waals surface area contributed by atoms with Crippen molar-refractivity contribution in [3.8, 4) is 11.5 Å². The summed E-state index contributed by atoms with van der Waals surface area (Å²) < 4.78 is 11.8. The van der Waals surface area contributed by atoms with E-state index in [4.69, 9.17) is 9.31 Å². The standard InChI is InChI=1S/C24H16BN2O2/c1-3-11-19-15(7-1)17-9-5-13-21(23(17)26-19)28-25-29-22-14-6-10-18-16-8-2-4-12-20(16)27-24(18)22/h1-14,26-27H. The van der Waals surface area contributed by atoms with Crippen molar-refractivity contribution in [2.75, 3.05) is 0 Å². The van der Waals surface area contributed by atoms with Crippen LogP contribution in [0, 0.1) is 0 Å². The van der Waals surface area contributed by atoms with Crippen LogP contribution in [-0.4, -0.2) is 17.7 Å². The topological polar surface area (TPSA) is 50.0 Å². The Morgan fingerprint density at radius 2 is 0.931 bits per heavy atom. The highest BCUT2D eigenvalue weighted by molar-refractivity contribution is 6.23. The molecule has 4 aromatic carbocycles. The molecule has 2 N–H and O–H groups in total. The maximum atomic E-state index is 5.88. The highest BCUT2D eigenvalue weighted by atomic mass is 16.6. The van der Waals surface area contributed by atoms with Crippen LogP contribution in [0.4, 0.5) is 0 Å². The molecular weight excluding hydrogens is 359 g/mol. The van der Waals surface area contributed by atoms with Crippen LogP contribution in [-0.2, 0) is 0 Å². The van der Waals surface area contributed by atoms with Gasteiger partial charge in [-0.1, -0.05) is 60.7 Å². The Kier molecular flexibility index (Phi) is 3.53. The summed E-state index contributed by atoms with van der Waals surface area (Å²) >= 11 is 0. The molecule has 0 saturated heterocycles. The largest absolute Gasteiger partial charge is 0.658 e. The van der Waals surface area contributed by atoms with Crippen LogP contribution in [0.1, 0.15) is 0 Å². The molecule has 0 unspecified atom stereocenters. The first-order chi connectivity index (χ1) is 14.4. The van der Waals surface area contributed by atoms with E-state index in [0.717, 1.165) is 44.3 Å². The van der Waals surface area contributed by atoms with Crippen molar-refractivity contribution in [2.45, 2.75) is 0 Å². The highest BCUT2D eigenvalue weighted by Gasteiger charge is 2.12. The van der Waals surface area contributed by atoms with Crippen LogP contribution in [0.5, 0.6) is 11.5 Å². The highest BCUT2D eigenvalue weighted by Crippen LogP contribution is 2.33. The lowest BCUT2D eigenvalue weighted by atomic mass is 10.1. The van der Waals surface area contributed by atoms with E-state index in [1.807, 2.05) is 48.5 Å². The van der Waals surface area contributed by atoms with E-state index >= 15 is 0 Å². The molecule has 1 radical (unpaired) electrons. The van der Waals surface area contributed by atoms with Crippen LogP contribution < -0.4 is 9.31 Å². The molecule has 4 nitrogen and oxygen atoms in total. The van der Waals surface area contributed by atoms with E-state index in [1.54, 1.807) is 0 Å². The Labute approximate surface area is 167 Å². The summed E-state index contributed by atoms with van der Waals surface area (Å²) in [4.78, 5) is 6.87. The Balaban J connectivity index is 1.32. The quantitative estimate of drug-likeness (QED) is 0.374. The lowest BCUT2D eigenvalue weighted by Gasteiger charge is -2.08. The third-order valence-corrected chi connectivity index (χ3v) is 5.36. The van der Waals surface area contributed by atoms with Gasteiger partial charge in [0.05, 0.1) is 11.0 Å². The van der Waals surface area contributed by atoms with Gasteiger partial charge in [-0.15, -0.1) is 0 Å². The van der Waals surface area contributed by atoms with E-state index in [9.17, 15) is 0 Å². The van der Waals surface area contributed by atoms with Gasteiger partial charge in [0.25, 0.3) is 0 Å². The molecule has 6 aromatic rings. The van der Waals surface area contributed by atoms with Gasteiger partial charge in [0.1, 0.15) is 11.5 Å². The Bertz CT molecular complexity index is 1390. The number of aromatic amines is 2. The van der Waals surface area contributed by atoms with Crippen LogP contribution in [0.15, 0.2) is 84.9 Å². The second-order valence-corrected chi connectivity index (χ2v) is 7.03. The molecule has 0 aliphatic carbocycles. The van der Waals surface area contributed by atoms with Gasteiger partial charge < -0.3 is 19.3 Å². The molecule has 5 heteroatoms. The van der Waals surface area contributed by atoms with Gasteiger partial charge in [0.15, 0.2) is 0 Å². The fourth-order valence-electron chi connectivity index (χ4n) is 4.02. The first-order valence-electron chi connectivity index (χ1n) is 9.52. The average molecular weight is 375 g/mol. The molecule has 0 aliphatic heterocycles. The second-order valence-electron chi connectivity index (χ2n) is 7.03. The molecule has 0 fully saturated rings. The van der Waals surface area contributed by atoms with E-state index in [2.05, 4.69) is 46.4 Å². The normalized spacial score (nSPS) is 11.4. The molecule has 0 saturated carbocycles.